The van der Waals surface area contributed by atoms with Gasteiger partial charge < -0.3 is 10.1 Å². The number of ether oxygens (including phenoxy) is 1. The third-order valence-corrected chi connectivity index (χ3v) is 4.08. The average Bonchev–Trinajstić information content (AvgIpc) is 2.49. The standard InChI is InChI=1S/C17H20BrNO/c1-13(14-6-4-3-5-7-14)10-11-19-15-8-9-16(18)17(12-15)20-2/h3-9,12-13,19H,10-11H2,1-2H3. The van der Waals surface area contributed by atoms with Crippen molar-refractivity contribution >= 4 is 21.6 Å². The van der Waals surface area contributed by atoms with Crippen molar-refractivity contribution in [3.05, 3.63) is 58.6 Å². The fraction of sp³-hybridized carbons (Fsp3) is 0.294. The molecule has 2 nitrogen and oxygen atoms in total. The third kappa shape index (κ3) is 4.01. The molecule has 2 rings (SSSR count). The first-order valence-corrected chi connectivity index (χ1v) is 7.62. The lowest BCUT2D eigenvalue weighted by Gasteiger charge is -2.14. The predicted molar refractivity (Wildman–Crippen MR) is 88.7 cm³/mol. The van der Waals surface area contributed by atoms with E-state index in [9.17, 15) is 0 Å². The van der Waals surface area contributed by atoms with E-state index in [0.717, 1.165) is 28.9 Å². The molecule has 0 aliphatic carbocycles. The molecule has 0 spiro atoms. The van der Waals surface area contributed by atoms with Crippen molar-refractivity contribution < 1.29 is 4.74 Å². The second kappa shape index (κ2) is 7.34. The number of rotatable bonds is 6. The number of benzene rings is 2. The fourth-order valence-electron chi connectivity index (χ4n) is 2.15. The van der Waals surface area contributed by atoms with Gasteiger partial charge in [0.15, 0.2) is 0 Å². The predicted octanol–water partition coefficient (Wildman–Crippen LogP) is 5.06. The van der Waals surface area contributed by atoms with Crippen LogP contribution in [0.25, 0.3) is 0 Å². The Hall–Kier alpha value is -1.48. The molecule has 1 N–H and O–H groups in total. The van der Waals surface area contributed by atoms with Gasteiger partial charge in [0.2, 0.25) is 0 Å². The van der Waals surface area contributed by atoms with Crippen LogP contribution in [0.3, 0.4) is 0 Å². The number of nitrogens with one attached hydrogen (secondary N) is 1. The molecule has 0 heterocycles. The van der Waals surface area contributed by atoms with E-state index in [2.05, 4.69) is 64.6 Å². The molecule has 2 aromatic carbocycles. The van der Waals surface area contributed by atoms with E-state index in [-0.39, 0.29) is 0 Å². The summed E-state index contributed by atoms with van der Waals surface area (Å²) in [4.78, 5) is 0. The fourth-order valence-corrected chi connectivity index (χ4v) is 2.56. The van der Waals surface area contributed by atoms with E-state index >= 15 is 0 Å². The first-order chi connectivity index (χ1) is 9.70. The lowest BCUT2D eigenvalue weighted by atomic mass is 9.98. The molecule has 0 amide bonds. The Balaban J connectivity index is 1.87. The number of anilines is 1. The second-order valence-corrected chi connectivity index (χ2v) is 5.73. The van der Waals surface area contributed by atoms with E-state index in [4.69, 9.17) is 4.74 Å². The van der Waals surface area contributed by atoms with Crippen molar-refractivity contribution in [2.24, 2.45) is 0 Å². The van der Waals surface area contributed by atoms with Crippen LogP contribution in [-0.4, -0.2) is 13.7 Å². The molecule has 0 aliphatic rings. The van der Waals surface area contributed by atoms with Crippen molar-refractivity contribution in [1.82, 2.24) is 0 Å². The highest BCUT2D eigenvalue weighted by molar-refractivity contribution is 9.10. The van der Waals surface area contributed by atoms with Gasteiger partial charge in [0, 0.05) is 18.3 Å². The Kier molecular flexibility index (Phi) is 5.48. The van der Waals surface area contributed by atoms with E-state index in [0.29, 0.717) is 5.92 Å². The van der Waals surface area contributed by atoms with Crippen LogP contribution in [0.5, 0.6) is 5.75 Å². The molecule has 0 aromatic heterocycles. The summed E-state index contributed by atoms with van der Waals surface area (Å²) in [6.45, 7) is 3.21. The Morgan fingerprint density at radius 2 is 1.90 bits per heavy atom. The van der Waals surface area contributed by atoms with Crippen LogP contribution in [-0.2, 0) is 0 Å². The SMILES string of the molecule is COc1cc(NCCC(C)c2ccccc2)ccc1Br. The maximum atomic E-state index is 5.30. The average molecular weight is 334 g/mol. The first-order valence-electron chi connectivity index (χ1n) is 6.83. The van der Waals surface area contributed by atoms with E-state index in [1.54, 1.807) is 7.11 Å². The highest BCUT2D eigenvalue weighted by atomic mass is 79.9. The van der Waals surface area contributed by atoms with E-state index in [1.807, 2.05) is 12.1 Å². The number of methoxy groups -OCH3 is 1. The van der Waals surface area contributed by atoms with Crippen LogP contribution in [0.1, 0.15) is 24.8 Å². The van der Waals surface area contributed by atoms with Gasteiger partial charge in [-0.3, -0.25) is 0 Å². The smallest absolute Gasteiger partial charge is 0.135 e. The van der Waals surface area contributed by atoms with Crippen molar-refractivity contribution in [3.8, 4) is 5.75 Å². The zero-order valence-corrected chi connectivity index (χ0v) is 13.5. The molecule has 0 aliphatic heterocycles. The van der Waals surface area contributed by atoms with Crippen LogP contribution in [0.4, 0.5) is 5.69 Å². The van der Waals surface area contributed by atoms with Gasteiger partial charge in [-0.05, 0) is 46.0 Å². The maximum absolute atomic E-state index is 5.30. The molecular formula is C17H20BrNO. The summed E-state index contributed by atoms with van der Waals surface area (Å²) in [5, 5.41) is 3.45. The third-order valence-electron chi connectivity index (χ3n) is 3.43. The molecule has 20 heavy (non-hydrogen) atoms. The Morgan fingerprint density at radius 1 is 1.15 bits per heavy atom. The molecule has 0 saturated heterocycles. The first kappa shape index (κ1) is 14.9. The van der Waals surface area contributed by atoms with Gasteiger partial charge in [-0.2, -0.15) is 0 Å². The van der Waals surface area contributed by atoms with E-state index < -0.39 is 0 Å². The van der Waals surface area contributed by atoms with Gasteiger partial charge in [0.25, 0.3) is 0 Å². The number of hydrogen-bond acceptors (Lipinski definition) is 2. The Morgan fingerprint density at radius 3 is 2.60 bits per heavy atom. The lowest BCUT2D eigenvalue weighted by Crippen LogP contribution is -2.06. The summed E-state index contributed by atoms with van der Waals surface area (Å²) in [6, 6.07) is 16.7. The largest absolute Gasteiger partial charge is 0.495 e. The minimum absolute atomic E-state index is 0.557. The zero-order valence-electron chi connectivity index (χ0n) is 11.9. The number of hydrogen-bond donors (Lipinski definition) is 1. The van der Waals surface area contributed by atoms with Gasteiger partial charge >= 0.3 is 0 Å². The van der Waals surface area contributed by atoms with Crippen LogP contribution in [0.15, 0.2) is 53.0 Å². The molecule has 1 atom stereocenters. The molecule has 0 fully saturated rings. The minimum Gasteiger partial charge on any atom is -0.495 e. The van der Waals surface area contributed by atoms with Crippen LogP contribution in [0, 0.1) is 0 Å². The summed E-state index contributed by atoms with van der Waals surface area (Å²) in [5.74, 6) is 1.41. The normalized spacial score (nSPS) is 11.9. The molecular weight excluding hydrogens is 314 g/mol. The van der Waals surface area contributed by atoms with Crippen molar-refractivity contribution in [3.63, 3.8) is 0 Å². The van der Waals surface area contributed by atoms with Crippen LogP contribution in [0.2, 0.25) is 0 Å². The lowest BCUT2D eigenvalue weighted by molar-refractivity contribution is 0.412. The van der Waals surface area contributed by atoms with Crippen LogP contribution < -0.4 is 10.1 Å². The van der Waals surface area contributed by atoms with E-state index in [1.165, 1.54) is 5.56 Å². The van der Waals surface area contributed by atoms with Gasteiger partial charge in [-0.1, -0.05) is 37.3 Å². The van der Waals surface area contributed by atoms with Crippen molar-refractivity contribution in [2.75, 3.05) is 19.0 Å². The molecule has 0 saturated carbocycles. The van der Waals surface area contributed by atoms with Gasteiger partial charge in [0.05, 0.1) is 11.6 Å². The summed E-state index contributed by atoms with van der Waals surface area (Å²) in [6.07, 6.45) is 1.10. The topological polar surface area (TPSA) is 21.3 Å². The van der Waals surface area contributed by atoms with Gasteiger partial charge in [0.1, 0.15) is 5.75 Å². The summed E-state index contributed by atoms with van der Waals surface area (Å²) >= 11 is 3.46. The Labute approximate surface area is 129 Å². The molecule has 2 aromatic rings. The molecule has 3 heteroatoms. The quantitative estimate of drug-likeness (QED) is 0.797. The monoisotopic (exact) mass is 333 g/mol. The highest BCUT2D eigenvalue weighted by Gasteiger charge is 2.05. The molecule has 106 valence electrons. The van der Waals surface area contributed by atoms with Crippen molar-refractivity contribution in [1.29, 1.82) is 0 Å². The highest BCUT2D eigenvalue weighted by Crippen LogP contribution is 2.28. The number of halogens is 1. The summed E-state index contributed by atoms with van der Waals surface area (Å²) in [5.41, 5.74) is 2.48. The maximum Gasteiger partial charge on any atom is 0.135 e. The van der Waals surface area contributed by atoms with Gasteiger partial charge in [-0.15, -0.1) is 0 Å². The van der Waals surface area contributed by atoms with Crippen LogP contribution >= 0.6 is 15.9 Å². The summed E-state index contributed by atoms with van der Waals surface area (Å²) in [7, 11) is 1.68. The molecule has 1 unspecified atom stereocenters. The molecule has 0 bridgehead atoms. The second-order valence-electron chi connectivity index (χ2n) is 4.88. The van der Waals surface area contributed by atoms with Crippen molar-refractivity contribution in [2.45, 2.75) is 19.3 Å². The van der Waals surface area contributed by atoms with Gasteiger partial charge in [-0.25, -0.2) is 0 Å². The minimum atomic E-state index is 0.557. The zero-order chi connectivity index (χ0) is 14.4. The summed E-state index contributed by atoms with van der Waals surface area (Å²) < 4.78 is 6.27. The molecule has 0 radical (unpaired) electrons. The Bertz CT molecular complexity index is 542.